The second-order valence-corrected chi connectivity index (χ2v) is 9.27. The highest BCUT2D eigenvalue weighted by Crippen LogP contribution is 2.35. The van der Waals surface area contributed by atoms with Crippen molar-refractivity contribution in [3.05, 3.63) is 83.4 Å². The molecule has 0 spiro atoms. The maximum Gasteiger partial charge on any atom is 0.228 e. The molecule has 0 radical (unpaired) electrons. The smallest absolute Gasteiger partial charge is 0.228 e. The third-order valence-electron chi connectivity index (χ3n) is 6.86. The standard InChI is InChI=1S/C30H32N2O4/c1-21-25(19-32-13-15-35-16-14-32)20-36-29-18-26(9-12-28(21)29)31-30(33)17-22-3-5-23(6-4-22)24-7-10-27(34-2)11-8-24/h3-12,18H,13-17,19-20H2,1-2H3,(H,31,33). The van der Waals surface area contributed by atoms with Gasteiger partial charge < -0.3 is 19.5 Å². The summed E-state index contributed by atoms with van der Waals surface area (Å²) in [4.78, 5) is 15.1. The molecule has 36 heavy (non-hydrogen) atoms. The Hall–Kier alpha value is -3.61. The molecule has 6 heteroatoms. The number of nitrogens with one attached hydrogen (secondary N) is 1. The van der Waals surface area contributed by atoms with Crippen LogP contribution in [0, 0.1) is 0 Å². The first-order chi connectivity index (χ1) is 17.6. The molecule has 3 aromatic rings. The molecular weight excluding hydrogens is 452 g/mol. The Balaban J connectivity index is 1.20. The van der Waals surface area contributed by atoms with Crippen LogP contribution in [0.25, 0.3) is 16.7 Å². The average molecular weight is 485 g/mol. The molecule has 2 aliphatic rings. The van der Waals surface area contributed by atoms with E-state index >= 15 is 0 Å². The number of anilines is 1. The molecular formula is C30H32N2O4. The molecule has 3 aromatic carbocycles. The van der Waals surface area contributed by atoms with E-state index in [0.29, 0.717) is 13.0 Å². The lowest BCUT2D eigenvalue weighted by Gasteiger charge is -2.30. The number of benzene rings is 3. The van der Waals surface area contributed by atoms with Gasteiger partial charge in [0.25, 0.3) is 0 Å². The van der Waals surface area contributed by atoms with Crippen LogP contribution >= 0.6 is 0 Å². The first-order valence-electron chi connectivity index (χ1n) is 12.4. The van der Waals surface area contributed by atoms with Gasteiger partial charge in [0, 0.05) is 37.0 Å². The fourth-order valence-corrected chi connectivity index (χ4v) is 4.68. The van der Waals surface area contributed by atoms with Crippen molar-refractivity contribution < 1.29 is 19.0 Å². The van der Waals surface area contributed by atoms with Crippen LogP contribution in [0.3, 0.4) is 0 Å². The molecule has 1 N–H and O–H groups in total. The minimum atomic E-state index is -0.0526. The van der Waals surface area contributed by atoms with Gasteiger partial charge in [-0.15, -0.1) is 0 Å². The van der Waals surface area contributed by atoms with Gasteiger partial charge in [-0.2, -0.15) is 0 Å². The van der Waals surface area contributed by atoms with Crippen LogP contribution in [0.1, 0.15) is 18.1 Å². The summed E-state index contributed by atoms with van der Waals surface area (Å²) in [7, 11) is 1.66. The SMILES string of the molecule is COc1ccc(-c2ccc(CC(=O)Nc3ccc4c(c3)OCC(CN3CCOCC3)=C4C)cc2)cc1. The fraction of sp³-hybridized carbons (Fsp3) is 0.300. The number of ether oxygens (including phenoxy) is 3. The maximum absolute atomic E-state index is 12.7. The van der Waals surface area contributed by atoms with Crippen molar-refractivity contribution in [2.45, 2.75) is 13.3 Å². The van der Waals surface area contributed by atoms with Crippen molar-refractivity contribution in [2.75, 3.05) is 51.9 Å². The Bertz CT molecular complexity index is 1240. The van der Waals surface area contributed by atoms with Crippen LogP contribution in [0.5, 0.6) is 11.5 Å². The second-order valence-electron chi connectivity index (χ2n) is 9.27. The Morgan fingerprint density at radius 3 is 2.36 bits per heavy atom. The van der Waals surface area contributed by atoms with Crippen LogP contribution in [-0.4, -0.2) is 57.4 Å². The van der Waals surface area contributed by atoms with Crippen LogP contribution < -0.4 is 14.8 Å². The molecule has 2 heterocycles. The summed E-state index contributed by atoms with van der Waals surface area (Å²) < 4.78 is 16.8. The Labute approximate surface area is 212 Å². The number of hydrogen-bond donors (Lipinski definition) is 1. The number of morpholine rings is 1. The molecule has 0 bridgehead atoms. The van der Waals surface area contributed by atoms with E-state index in [2.05, 4.69) is 17.1 Å². The predicted molar refractivity (Wildman–Crippen MR) is 143 cm³/mol. The summed E-state index contributed by atoms with van der Waals surface area (Å²) in [5, 5.41) is 3.02. The second kappa shape index (κ2) is 11.0. The van der Waals surface area contributed by atoms with Crippen LogP contribution in [-0.2, 0) is 16.0 Å². The number of carbonyl (C=O) groups excluding carboxylic acids is 1. The van der Waals surface area contributed by atoms with Crippen LogP contribution in [0.2, 0.25) is 0 Å². The van der Waals surface area contributed by atoms with Gasteiger partial charge in [0.1, 0.15) is 18.1 Å². The van der Waals surface area contributed by atoms with Gasteiger partial charge in [-0.3, -0.25) is 9.69 Å². The number of hydrogen-bond acceptors (Lipinski definition) is 5. The molecule has 186 valence electrons. The topological polar surface area (TPSA) is 60.0 Å². The molecule has 6 nitrogen and oxygen atoms in total. The highest BCUT2D eigenvalue weighted by molar-refractivity contribution is 5.93. The normalized spacial score (nSPS) is 15.7. The number of allylic oxidation sites excluding steroid dienone is 1. The van der Waals surface area contributed by atoms with Crippen molar-refractivity contribution in [3.8, 4) is 22.6 Å². The average Bonchev–Trinajstić information content (AvgIpc) is 2.91. The number of rotatable bonds is 7. The van der Waals surface area contributed by atoms with Gasteiger partial charge in [-0.05, 0) is 59.0 Å². The molecule has 1 amide bonds. The summed E-state index contributed by atoms with van der Waals surface area (Å²) in [5.41, 5.74) is 7.58. The number of fused-ring (bicyclic) bond motifs is 1. The summed E-state index contributed by atoms with van der Waals surface area (Å²) in [6, 6.07) is 22.0. The molecule has 0 atom stereocenters. The maximum atomic E-state index is 12.7. The van der Waals surface area contributed by atoms with Crippen LogP contribution in [0.4, 0.5) is 5.69 Å². The third-order valence-corrected chi connectivity index (χ3v) is 6.86. The van der Waals surface area contributed by atoms with Gasteiger partial charge in [0.2, 0.25) is 5.91 Å². The highest BCUT2D eigenvalue weighted by Gasteiger charge is 2.21. The van der Waals surface area contributed by atoms with E-state index in [9.17, 15) is 4.79 Å². The number of carbonyl (C=O) groups is 1. The molecule has 0 aliphatic carbocycles. The molecule has 0 unspecified atom stereocenters. The molecule has 0 saturated carbocycles. The summed E-state index contributed by atoms with van der Waals surface area (Å²) in [6.07, 6.45) is 0.309. The summed E-state index contributed by atoms with van der Waals surface area (Å²) in [5.74, 6) is 1.60. The minimum Gasteiger partial charge on any atom is -0.497 e. The van der Waals surface area contributed by atoms with Gasteiger partial charge in [0.05, 0.1) is 26.7 Å². The molecule has 5 rings (SSSR count). The molecule has 2 aliphatic heterocycles. The van der Waals surface area contributed by atoms with E-state index in [1.165, 1.54) is 11.1 Å². The number of amides is 1. The lowest BCUT2D eigenvalue weighted by molar-refractivity contribution is -0.115. The Morgan fingerprint density at radius 2 is 1.67 bits per heavy atom. The summed E-state index contributed by atoms with van der Waals surface area (Å²) in [6.45, 7) is 7.14. The molecule has 1 saturated heterocycles. The summed E-state index contributed by atoms with van der Waals surface area (Å²) >= 11 is 0. The van der Waals surface area contributed by atoms with Crippen molar-refractivity contribution in [3.63, 3.8) is 0 Å². The van der Waals surface area contributed by atoms with E-state index in [-0.39, 0.29) is 5.91 Å². The fourth-order valence-electron chi connectivity index (χ4n) is 4.68. The van der Waals surface area contributed by atoms with Crippen molar-refractivity contribution in [2.24, 2.45) is 0 Å². The third kappa shape index (κ3) is 5.61. The van der Waals surface area contributed by atoms with Gasteiger partial charge >= 0.3 is 0 Å². The monoisotopic (exact) mass is 484 g/mol. The zero-order valence-electron chi connectivity index (χ0n) is 20.9. The zero-order valence-corrected chi connectivity index (χ0v) is 20.9. The van der Waals surface area contributed by atoms with E-state index in [4.69, 9.17) is 14.2 Å². The molecule has 0 aromatic heterocycles. The lowest BCUT2D eigenvalue weighted by atomic mass is 9.97. The zero-order chi connectivity index (χ0) is 24.9. The minimum absolute atomic E-state index is 0.0526. The lowest BCUT2D eigenvalue weighted by Crippen LogP contribution is -2.38. The van der Waals surface area contributed by atoms with Crippen molar-refractivity contribution >= 4 is 17.2 Å². The number of methoxy groups -OCH3 is 1. The molecule has 1 fully saturated rings. The van der Waals surface area contributed by atoms with Gasteiger partial charge in [-0.1, -0.05) is 36.4 Å². The first kappa shape index (κ1) is 24.1. The highest BCUT2D eigenvalue weighted by atomic mass is 16.5. The van der Waals surface area contributed by atoms with Crippen molar-refractivity contribution in [1.82, 2.24) is 4.90 Å². The van der Waals surface area contributed by atoms with E-state index < -0.39 is 0 Å². The van der Waals surface area contributed by atoms with E-state index in [0.717, 1.165) is 72.3 Å². The Kier molecular flexibility index (Phi) is 7.35. The number of nitrogens with zero attached hydrogens (tertiary/aromatic N) is 1. The van der Waals surface area contributed by atoms with E-state index in [1.807, 2.05) is 66.7 Å². The largest absolute Gasteiger partial charge is 0.497 e. The quantitative estimate of drug-likeness (QED) is 0.509. The van der Waals surface area contributed by atoms with E-state index in [1.54, 1.807) is 7.11 Å². The van der Waals surface area contributed by atoms with Crippen LogP contribution in [0.15, 0.2) is 72.3 Å². The van der Waals surface area contributed by atoms with Gasteiger partial charge in [0.15, 0.2) is 0 Å². The predicted octanol–water partition coefficient (Wildman–Crippen LogP) is 5.04. The van der Waals surface area contributed by atoms with Crippen molar-refractivity contribution in [1.29, 1.82) is 0 Å². The first-order valence-corrected chi connectivity index (χ1v) is 12.4. The Morgan fingerprint density at radius 1 is 0.972 bits per heavy atom. The van der Waals surface area contributed by atoms with Gasteiger partial charge in [-0.25, -0.2) is 0 Å².